The largest absolute Gasteiger partial charge is 0.492 e. The lowest BCUT2D eigenvalue weighted by atomic mass is 9.68. The first kappa shape index (κ1) is 20.1. The maximum atomic E-state index is 14.8. The minimum absolute atomic E-state index is 0.0234. The minimum atomic E-state index is -0.525. The monoisotopic (exact) mass is 428 g/mol. The first-order valence-electron chi connectivity index (χ1n) is 10.3. The lowest BCUT2D eigenvalue weighted by Gasteiger charge is -2.38. The summed E-state index contributed by atoms with van der Waals surface area (Å²) in [4.78, 5) is 0. The van der Waals surface area contributed by atoms with E-state index in [9.17, 15) is 8.78 Å². The second-order valence-corrected chi connectivity index (χ2v) is 9.14. The van der Waals surface area contributed by atoms with E-state index in [1.165, 1.54) is 51.7 Å². The molecule has 1 aromatic carbocycles. The van der Waals surface area contributed by atoms with Gasteiger partial charge in [0, 0.05) is 5.56 Å². The summed E-state index contributed by atoms with van der Waals surface area (Å²) in [6, 6.07) is 1.35. The van der Waals surface area contributed by atoms with E-state index in [1.807, 2.05) is 0 Å². The second-order valence-electron chi connectivity index (χ2n) is 8.28. The fraction of sp³-hybridized carbons (Fsp3) is 0.727. The van der Waals surface area contributed by atoms with Gasteiger partial charge >= 0.3 is 0 Å². The SMILES string of the molecule is CCCC1CCC(C2CCC(c3c(F)cc(Br)c(OC)c3F)CC2)CC1. The molecule has 0 atom stereocenters. The molecule has 0 amide bonds. The highest BCUT2D eigenvalue weighted by atomic mass is 79.9. The zero-order valence-electron chi connectivity index (χ0n) is 16.0. The second kappa shape index (κ2) is 9.03. The van der Waals surface area contributed by atoms with Gasteiger partial charge in [0.05, 0.1) is 11.6 Å². The summed E-state index contributed by atoms with van der Waals surface area (Å²) in [6.07, 6.45) is 12.1. The van der Waals surface area contributed by atoms with Crippen LogP contribution in [0.1, 0.15) is 82.6 Å². The van der Waals surface area contributed by atoms with Crippen LogP contribution >= 0.6 is 15.9 Å². The molecule has 0 unspecified atom stereocenters. The van der Waals surface area contributed by atoms with Gasteiger partial charge in [-0.1, -0.05) is 32.6 Å². The summed E-state index contributed by atoms with van der Waals surface area (Å²) in [5.74, 6) is 1.64. The Bertz CT molecular complexity index is 603. The lowest BCUT2D eigenvalue weighted by molar-refractivity contribution is 0.155. The van der Waals surface area contributed by atoms with Gasteiger partial charge in [-0.25, -0.2) is 8.78 Å². The van der Waals surface area contributed by atoms with Crippen molar-refractivity contribution in [3.8, 4) is 5.75 Å². The van der Waals surface area contributed by atoms with Gasteiger partial charge in [-0.15, -0.1) is 0 Å². The third kappa shape index (κ3) is 4.26. The Hall–Kier alpha value is -0.640. The van der Waals surface area contributed by atoms with Crippen molar-refractivity contribution in [2.24, 2.45) is 17.8 Å². The van der Waals surface area contributed by atoms with Gasteiger partial charge < -0.3 is 4.74 Å². The Kier molecular flexibility index (Phi) is 6.98. The van der Waals surface area contributed by atoms with Crippen LogP contribution in [0.25, 0.3) is 0 Å². The summed E-state index contributed by atoms with van der Waals surface area (Å²) >= 11 is 3.19. The molecule has 0 bridgehead atoms. The van der Waals surface area contributed by atoms with E-state index in [-0.39, 0.29) is 17.2 Å². The van der Waals surface area contributed by atoms with Crippen LogP contribution in [0.2, 0.25) is 0 Å². The molecular weight excluding hydrogens is 398 g/mol. The first-order chi connectivity index (χ1) is 12.5. The van der Waals surface area contributed by atoms with Crippen LogP contribution in [-0.2, 0) is 0 Å². The normalized spacial score (nSPS) is 29.6. The third-order valence-electron chi connectivity index (χ3n) is 6.80. The molecule has 0 saturated heterocycles. The number of ether oxygens (including phenoxy) is 1. The molecule has 0 aromatic heterocycles. The number of rotatable bonds is 5. The van der Waals surface area contributed by atoms with Gasteiger partial charge in [0.1, 0.15) is 5.82 Å². The molecule has 2 aliphatic carbocycles. The Morgan fingerprint density at radius 1 is 1.00 bits per heavy atom. The van der Waals surface area contributed by atoms with E-state index in [0.29, 0.717) is 4.47 Å². The number of methoxy groups -OCH3 is 1. The number of hydrogen-bond donors (Lipinski definition) is 0. The molecule has 1 aromatic rings. The molecule has 2 aliphatic rings. The fourth-order valence-electron chi connectivity index (χ4n) is 5.38. The van der Waals surface area contributed by atoms with Crippen LogP contribution in [0.15, 0.2) is 10.5 Å². The smallest absolute Gasteiger partial charge is 0.172 e. The predicted octanol–water partition coefficient (Wildman–Crippen LogP) is 7.62. The van der Waals surface area contributed by atoms with Crippen molar-refractivity contribution >= 4 is 15.9 Å². The Labute approximate surface area is 165 Å². The van der Waals surface area contributed by atoms with Crippen LogP contribution in [0, 0.1) is 29.4 Å². The molecule has 0 aliphatic heterocycles. The molecule has 146 valence electrons. The Morgan fingerprint density at radius 3 is 2.12 bits per heavy atom. The molecular formula is C22H31BrF2O. The van der Waals surface area contributed by atoms with Crippen molar-refractivity contribution in [1.29, 1.82) is 0 Å². The summed E-state index contributed by atoms with van der Waals surface area (Å²) < 4.78 is 34.7. The van der Waals surface area contributed by atoms with E-state index in [2.05, 4.69) is 22.9 Å². The summed E-state index contributed by atoms with van der Waals surface area (Å²) in [5, 5.41) is 0. The number of hydrogen-bond acceptors (Lipinski definition) is 1. The number of halogens is 3. The first-order valence-corrected chi connectivity index (χ1v) is 11.1. The highest BCUT2D eigenvalue weighted by molar-refractivity contribution is 9.10. The molecule has 1 nitrogen and oxygen atoms in total. The third-order valence-corrected chi connectivity index (χ3v) is 7.39. The number of benzene rings is 1. The molecule has 0 radical (unpaired) electrons. The maximum absolute atomic E-state index is 14.8. The molecule has 0 spiro atoms. The van der Waals surface area contributed by atoms with Gasteiger partial charge in [0.15, 0.2) is 11.6 Å². The van der Waals surface area contributed by atoms with Crippen LogP contribution in [0.3, 0.4) is 0 Å². The summed E-state index contributed by atoms with van der Waals surface area (Å²) in [6.45, 7) is 2.28. The summed E-state index contributed by atoms with van der Waals surface area (Å²) in [5.41, 5.74) is 0.232. The molecule has 2 fully saturated rings. The highest BCUT2D eigenvalue weighted by Crippen LogP contribution is 2.46. The van der Waals surface area contributed by atoms with Crippen LogP contribution < -0.4 is 4.74 Å². The zero-order chi connectivity index (χ0) is 18.7. The van der Waals surface area contributed by atoms with Crippen molar-refractivity contribution in [2.75, 3.05) is 7.11 Å². The average Bonchev–Trinajstić information content (AvgIpc) is 2.63. The van der Waals surface area contributed by atoms with E-state index >= 15 is 0 Å². The van der Waals surface area contributed by atoms with Gasteiger partial charge in [0.25, 0.3) is 0 Å². The topological polar surface area (TPSA) is 9.23 Å². The molecule has 0 N–H and O–H groups in total. The van der Waals surface area contributed by atoms with Crippen molar-refractivity contribution in [2.45, 2.75) is 77.0 Å². The quantitative estimate of drug-likeness (QED) is 0.468. The van der Waals surface area contributed by atoms with Crippen molar-refractivity contribution in [3.05, 3.63) is 27.7 Å². The van der Waals surface area contributed by atoms with E-state index < -0.39 is 11.6 Å². The van der Waals surface area contributed by atoms with E-state index in [1.54, 1.807) is 0 Å². The van der Waals surface area contributed by atoms with Crippen LogP contribution in [0.4, 0.5) is 8.78 Å². The molecule has 2 saturated carbocycles. The molecule has 4 heteroatoms. The molecule has 0 heterocycles. The molecule has 3 rings (SSSR count). The standard InChI is InChI=1S/C22H31BrF2O/c1-3-4-14-5-7-15(8-6-14)16-9-11-17(12-10-16)20-19(24)13-18(23)22(26-2)21(20)25/h13-17H,3-12H2,1-2H3. The molecule has 26 heavy (non-hydrogen) atoms. The Morgan fingerprint density at radius 2 is 1.58 bits per heavy atom. The van der Waals surface area contributed by atoms with Crippen LogP contribution in [0.5, 0.6) is 5.75 Å². The summed E-state index contributed by atoms with van der Waals surface area (Å²) in [7, 11) is 1.43. The van der Waals surface area contributed by atoms with Crippen molar-refractivity contribution < 1.29 is 13.5 Å². The van der Waals surface area contributed by atoms with Crippen LogP contribution in [-0.4, -0.2) is 7.11 Å². The lowest BCUT2D eigenvalue weighted by Crippen LogP contribution is -2.26. The van der Waals surface area contributed by atoms with Gasteiger partial charge in [-0.3, -0.25) is 0 Å². The predicted molar refractivity (Wildman–Crippen MR) is 106 cm³/mol. The van der Waals surface area contributed by atoms with Gasteiger partial charge in [-0.2, -0.15) is 0 Å². The van der Waals surface area contributed by atoms with E-state index in [4.69, 9.17) is 4.74 Å². The van der Waals surface area contributed by atoms with Gasteiger partial charge in [-0.05, 0) is 84.2 Å². The van der Waals surface area contributed by atoms with E-state index in [0.717, 1.165) is 43.4 Å². The highest BCUT2D eigenvalue weighted by Gasteiger charge is 2.33. The Balaban J connectivity index is 1.61. The maximum Gasteiger partial charge on any atom is 0.172 e. The fourth-order valence-corrected chi connectivity index (χ4v) is 5.92. The average molecular weight is 429 g/mol. The minimum Gasteiger partial charge on any atom is -0.492 e. The van der Waals surface area contributed by atoms with Gasteiger partial charge in [0.2, 0.25) is 0 Å². The zero-order valence-corrected chi connectivity index (χ0v) is 17.6. The van der Waals surface area contributed by atoms with Crippen molar-refractivity contribution in [1.82, 2.24) is 0 Å². The van der Waals surface area contributed by atoms with Crippen molar-refractivity contribution in [3.63, 3.8) is 0 Å².